The van der Waals surface area contributed by atoms with Crippen LogP contribution < -0.4 is 9.47 Å². The quantitative estimate of drug-likeness (QED) is 0.357. The van der Waals surface area contributed by atoms with Gasteiger partial charge in [-0.3, -0.25) is 9.89 Å². The van der Waals surface area contributed by atoms with Crippen LogP contribution in [0.4, 0.5) is 4.39 Å². The summed E-state index contributed by atoms with van der Waals surface area (Å²) in [5, 5.41) is 18.2. The SMILES string of the molecule is COc1ccc(CCN2C(=O)c3[nH]nc(-c4c(C)cc(C)cc4O)c3C2c2ccc(F)cc2)cc1OC. The van der Waals surface area contributed by atoms with Crippen LogP contribution in [0.25, 0.3) is 11.3 Å². The predicted molar refractivity (Wildman–Crippen MR) is 138 cm³/mol. The second-order valence-corrected chi connectivity index (χ2v) is 9.23. The van der Waals surface area contributed by atoms with Crippen molar-refractivity contribution in [2.75, 3.05) is 20.8 Å². The topological polar surface area (TPSA) is 87.7 Å². The standard InChI is InChI=1S/C29H28FN3O4/c1-16-13-17(2)24(21(34)14-16)26-25-27(32-31-26)29(35)33(28(25)19-6-8-20(30)9-7-19)12-11-18-5-10-22(36-3)23(15-18)37-4/h5-10,13-15,28,34H,11-12H2,1-4H3,(H,31,32). The number of fused-ring (bicyclic) bond motifs is 1. The van der Waals surface area contributed by atoms with Crippen molar-refractivity contribution < 1.29 is 23.8 Å². The molecule has 1 unspecified atom stereocenters. The maximum Gasteiger partial charge on any atom is 0.273 e. The first-order valence-corrected chi connectivity index (χ1v) is 12.0. The Morgan fingerprint density at radius 1 is 1.03 bits per heavy atom. The predicted octanol–water partition coefficient (Wildman–Crippen LogP) is 5.34. The van der Waals surface area contributed by atoms with Gasteiger partial charge in [0.2, 0.25) is 0 Å². The summed E-state index contributed by atoms with van der Waals surface area (Å²) < 4.78 is 24.6. The number of methoxy groups -OCH3 is 2. The van der Waals surface area contributed by atoms with Crippen LogP contribution >= 0.6 is 0 Å². The van der Waals surface area contributed by atoms with E-state index in [1.165, 1.54) is 12.1 Å². The van der Waals surface area contributed by atoms with Crippen LogP contribution in [0.3, 0.4) is 0 Å². The van der Waals surface area contributed by atoms with E-state index in [2.05, 4.69) is 10.2 Å². The van der Waals surface area contributed by atoms with Crippen LogP contribution in [0, 0.1) is 19.7 Å². The number of amides is 1. The van der Waals surface area contributed by atoms with Crippen molar-refractivity contribution in [3.63, 3.8) is 0 Å². The Morgan fingerprint density at radius 3 is 2.43 bits per heavy atom. The van der Waals surface area contributed by atoms with Crippen molar-refractivity contribution in [3.05, 3.63) is 93.9 Å². The smallest absolute Gasteiger partial charge is 0.273 e. The molecule has 1 aliphatic heterocycles. The van der Waals surface area contributed by atoms with E-state index in [1.54, 1.807) is 37.3 Å². The molecule has 2 N–H and O–H groups in total. The Bertz CT molecular complexity index is 1460. The molecule has 0 fully saturated rings. The number of carbonyl (C=O) groups excluding carboxylic acids is 1. The number of benzene rings is 3. The number of halogens is 1. The molecule has 5 rings (SSSR count). The first-order chi connectivity index (χ1) is 17.8. The number of ether oxygens (including phenoxy) is 2. The highest BCUT2D eigenvalue weighted by Gasteiger charge is 2.42. The molecule has 1 aliphatic rings. The molecule has 0 saturated carbocycles. The number of aromatic amines is 1. The Kier molecular flexibility index (Phi) is 6.33. The normalized spacial score (nSPS) is 14.7. The molecule has 0 bridgehead atoms. The summed E-state index contributed by atoms with van der Waals surface area (Å²) >= 11 is 0. The van der Waals surface area contributed by atoms with Gasteiger partial charge in [-0.1, -0.05) is 24.3 Å². The minimum absolute atomic E-state index is 0.0980. The largest absolute Gasteiger partial charge is 0.507 e. The molecule has 1 amide bonds. The Balaban J connectivity index is 1.57. The van der Waals surface area contributed by atoms with Crippen LogP contribution in [0.1, 0.15) is 44.3 Å². The molecule has 7 nitrogen and oxygen atoms in total. The van der Waals surface area contributed by atoms with Crippen LogP contribution in [-0.2, 0) is 6.42 Å². The number of hydrogen-bond donors (Lipinski definition) is 2. The van der Waals surface area contributed by atoms with E-state index in [4.69, 9.17) is 9.47 Å². The monoisotopic (exact) mass is 501 g/mol. The molecular weight excluding hydrogens is 473 g/mol. The number of aryl methyl sites for hydroxylation is 2. The molecule has 1 aromatic heterocycles. The van der Waals surface area contributed by atoms with E-state index in [1.807, 2.05) is 38.1 Å². The van der Waals surface area contributed by atoms with Gasteiger partial charge in [-0.15, -0.1) is 0 Å². The van der Waals surface area contributed by atoms with Crippen molar-refractivity contribution in [2.24, 2.45) is 0 Å². The van der Waals surface area contributed by atoms with Gasteiger partial charge in [0.1, 0.15) is 23.0 Å². The lowest BCUT2D eigenvalue weighted by Crippen LogP contribution is -2.31. The summed E-state index contributed by atoms with van der Waals surface area (Å²) in [6.45, 7) is 4.21. The average molecular weight is 502 g/mol. The van der Waals surface area contributed by atoms with E-state index < -0.39 is 6.04 Å². The van der Waals surface area contributed by atoms with Crippen LogP contribution in [0.2, 0.25) is 0 Å². The Labute approximate surface area is 214 Å². The van der Waals surface area contributed by atoms with Gasteiger partial charge < -0.3 is 19.5 Å². The fourth-order valence-electron chi connectivity index (χ4n) is 5.15. The zero-order valence-electron chi connectivity index (χ0n) is 21.1. The molecule has 190 valence electrons. The lowest BCUT2D eigenvalue weighted by Gasteiger charge is -2.27. The molecular formula is C29H28FN3O4. The number of nitrogens with zero attached hydrogens (tertiary/aromatic N) is 2. The highest BCUT2D eigenvalue weighted by Crippen LogP contribution is 2.45. The summed E-state index contributed by atoms with van der Waals surface area (Å²) in [5.41, 5.74) is 5.64. The van der Waals surface area contributed by atoms with Gasteiger partial charge in [-0.25, -0.2) is 4.39 Å². The Morgan fingerprint density at radius 2 is 1.76 bits per heavy atom. The van der Waals surface area contributed by atoms with E-state index in [0.29, 0.717) is 47.0 Å². The maximum absolute atomic E-state index is 13.8. The number of phenolic OH excluding ortho intramolecular Hbond substituents is 1. The molecule has 0 saturated heterocycles. The van der Waals surface area contributed by atoms with Crippen LogP contribution in [0.15, 0.2) is 54.6 Å². The molecule has 3 aromatic carbocycles. The first kappa shape index (κ1) is 24.4. The van der Waals surface area contributed by atoms with Gasteiger partial charge in [0, 0.05) is 17.7 Å². The average Bonchev–Trinajstić information content (AvgIpc) is 3.41. The van der Waals surface area contributed by atoms with E-state index in [9.17, 15) is 14.3 Å². The summed E-state index contributed by atoms with van der Waals surface area (Å²) in [6, 6.07) is 15.0. The van der Waals surface area contributed by atoms with Crippen molar-refractivity contribution in [1.29, 1.82) is 0 Å². The van der Waals surface area contributed by atoms with E-state index >= 15 is 0 Å². The molecule has 37 heavy (non-hydrogen) atoms. The van der Waals surface area contributed by atoms with Crippen LogP contribution in [-0.4, -0.2) is 46.9 Å². The zero-order chi connectivity index (χ0) is 26.3. The molecule has 4 aromatic rings. The number of nitrogens with one attached hydrogen (secondary N) is 1. The number of hydrogen-bond acceptors (Lipinski definition) is 5. The fraction of sp³-hybridized carbons (Fsp3) is 0.241. The van der Waals surface area contributed by atoms with Crippen molar-refractivity contribution in [2.45, 2.75) is 26.3 Å². The molecule has 2 heterocycles. The number of aromatic nitrogens is 2. The van der Waals surface area contributed by atoms with Gasteiger partial charge in [0.05, 0.1) is 20.3 Å². The second-order valence-electron chi connectivity index (χ2n) is 9.23. The van der Waals surface area contributed by atoms with Gasteiger partial charge in [-0.2, -0.15) is 5.10 Å². The highest BCUT2D eigenvalue weighted by molar-refractivity contribution is 6.00. The highest BCUT2D eigenvalue weighted by atomic mass is 19.1. The number of H-pyrrole nitrogens is 1. The molecule has 8 heteroatoms. The van der Waals surface area contributed by atoms with Crippen molar-refractivity contribution >= 4 is 5.91 Å². The molecule has 0 spiro atoms. The minimum Gasteiger partial charge on any atom is -0.507 e. The number of aromatic hydroxyl groups is 1. The van der Waals surface area contributed by atoms with Gasteiger partial charge in [-0.05, 0) is 72.9 Å². The summed E-state index contributed by atoms with van der Waals surface area (Å²) in [7, 11) is 3.17. The van der Waals surface area contributed by atoms with E-state index in [-0.39, 0.29) is 17.5 Å². The van der Waals surface area contributed by atoms with Crippen LogP contribution in [0.5, 0.6) is 17.2 Å². The summed E-state index contributed by atoms with van der Waals surface area (Å²) in [6.07, 6.45) is 0.561. The van der Waals surface area contributed by atoms with Gasteiger partial charge in [0.25, 0.3) is 5.91 Å². The number of carbonyl (C=O) groups is 1. The number of rotatable bonds is 7. The maximum atomic E-state index is 13.8. The lowest BCUT2D eigenvalue weighted by atomic mass is 9.93. The van der Waals surface area contributed by atoms with Crippen molar-refractivity contribution in [3.8, 4) is 28.5 Å². The lowest BCUT2D eigenvalue weighted by molar-refractivity contribution is 0.0746. The third kappa shape index (κ3) is 4.28. The third-order valence-electron chi connectivity index (χ3n) is 6.83. The molecule has 0 radical (unpaired) electrons. The second kappa shape index (κ2) is 9.61. The molecule has 0 aliphatic carbocycles. The van der Waals surface area contributed by atoms with Crippen molar-refractivity contribution in [1.82, 2.24) is 15.1 Å². The first-order valence-electron chi connectivity index (χ1n) is 12.0. The zero-order valence-corrected chi connectivity index (χ0v) is 21.1. The van der Waals surface area contributed by atoms with Gasteiger partial charge in [0.15, 0.2) is 11.5 Å². The minimum atomic E-state index is -0.503. The third-order valence-corrected chi connectivity index (χ3v) is 6.83. The fourth-order valence-corrected chi connectivity index (χ4v) is 5.15. The molecule has 1 atom stereocenters. The summed E-state index contributed by atoms with van der Waals surface area (Å²) in [4.78, 5) is 15.4. The Hall–Kier alpha value is -4.33. The van der Waals surface area contributed by atoms with Gasteiger partial charge >= 0.3 is 0 Å². The van der Waals surface area contributed by atoms with E-state index in [0.717, 1.165) is 22.3 Å². The summed E-state index contributed by atoms with van der Waals surface area (Å²) in [5.74, 6) is 0.787. The number of phenols is 1.